The Hall–Kier alpha value is -0.320. The second-order valence-electron chi connectivity index (χ2n) is 4.85. The lowest BCUT2D eigenvalue weighted by atomic mass is 10.0. The normalized spacial score (nSPS) is 12.1. The van der Waals surface area contributed by atoms with Crippen LogP contribution in [-0.4, -0.2) is 12.6 Å². The molecule has 0 amide bonds. The summed E-state index contributed by atoms with van der Waals surface area (Å²) in [5.74, 6) is 0.839. The average molecular weight is 391 g/mol. The lowest BCUT2D eigenvalue weighted by Crippen LogP contribution is -2.21. The van der Waals surface area contributed by atoms with Crippen molar-refractivity contribution in [1.82, 2.24) is 0 Å². The van der Waals surface area contributed by atoms with Gasteiger partial charge in [-0.15, -0.1) is 0 Å². The molecule has 1 aromatic carbocycles. The molecule has 0 aromatic heterocycles. The Labute approximate surface area is 132 Å². The summed E-state index contributed by atoms with van der Waals surface area (Å²) in [6.45, 7) is 6.80. The second-order valence-corrected chi connectivity index (χ2v) is 6.56. The molecule has 0 aliphatic carbocycles. The van der Waals surface area contributed by atoms with Gasteiger partial charge in [0.2, 0.25) is 0 Å². The van der Waals surface area contributed by atoms with Gasteiger partial charge in [-0.2, -0.15) is 0 Å². The average Bonchev–Trinajstić information content (AvgIpc) is 2.32. The summed E-state index contributed by atoms with van der Waals surface area (Å²) in [7, 11) is 0. The zero-order chi connectivity index (χ0) is 14.4. The van der Waals surface area contributed by atoms with Crippen molar-refractivity contribution in [2.75, 3.05) is 6.61 Å². The van der Waals surface area contributed by atoms with Crippen molar-refractivity contribution in [2.24, 2.45) is 5.73 Å². The molecular formula is C15H21Br2NO. The highest BCUT2D eigenvalue weighted by atomic mass is 79.9. The van der Waals surface area contributed by atoms with Crippen LogP contribution in [0.5, 0.6) is 5.75 Å². The van der Waals surface area contributed by atoms with E-state index >= 15 is 0 Å². The van der Waals surface area contributed by atoms with Gasteiger partial charge >= 0.3 is 0 Å². The fourth-order valence-electron chi connectivity index (χ4n) is 1.61. The molecule has 1 rings (SSSR count). The Balaban J connectivity index is 2.82. The van der Waals surface area contributed by atoms with E-state index in [0.717, 1.165) is 27.5 Å². The standard InChI is InChI=1S/C15H21Br2NO/c1-4-12(18)7-11-8-13(16)15(14(17)9-11)19-6-5-10(2)3/h5,8-9,12H,4,6-7,18H2,1-3H3. The van der Waals surface area contributed by atoms with Gasteiger partial charge in [-0.1, -0.05) is 12.5 Å². The third-order valence-electron chi connectivity index (χ3n) is 2.80. The molecule has 0 aliphatic rings. The maximum Gasteiger partial charge on any atom is 0.148 e. The van der Waals surface area contributed by atoms with Gasteiger partial charge in [0.15, 0.2) is 0 Å². The largest absolute Gasteiger partial charge is 0.487 e. The molecule has 4 heteroatoms. The number of hydrogen-bond acceptors (Lipinski definition) is 2. The van der Waals surface area contributed by atoms with Crippen molar-refractivity contribution < 1.29 is 4.74 Å². The molecule has 0 radical (unpaired) electrons. The highest BCUT2D eigenvalue weighted by molar-refractivity contribution is 9.11. The zero-order valence-corrected chi connectivity index (χ0v) is 14.8. The lowest BCUT2D eigenvalue weighted by Gasteiger charge is -2.13. The smallest absolute Gasteiger partial charge is 0.148 e. The van der Waals surface area contributed by atoms with Crippen molar-refractivity contribution >= 4 is 31.9 Å². The van der Waals surface area contributed by atoms with Crippen LogP contribution in [0.3, 0.4) is 0 Å². The second kappa shape index (κ2) is 8.08. The van der Waals surface area contributed by atoms with E-state index in [9.17, 15) is 0 Å². The number of allylic oxidation sites excluding steroid dienone is 1. The lowest BCUT2D eigenvalue weighted by molar-refractivity contribution is 0.357. The molecule has 2 N–H and O–H groups in total. The summed E-state index contributed by atoms with van der Waals surface area (Å²) in [5, 5.41) is 0. The van der Waals surface area contributed by atoms with E-state index in [-0.39, 0.29) is 6.04 Å². The van der Waals surface area contributed by atoms with Crippen LogP contribution >= 0.6 is 31.9 Å². The molecule has 0 heterocycles. The minimum atomic E-state index is 0.205. The number of nitrogens with two attached hydrogens (primary N) is 1. The van der Waals surface area contributed by atoms with Gasteiger partial charge in [0.1, 0.15) is 12.4 Å². The van der Waals surface area contributed by atoms with Gasteiger partial charge in [-0.05, 0) is 82.3 Å². The Bertz CT molecular complexity index is 430. The van der Waals surface area contributed by atoms with Crippen LogP contribution in [0.4, 0.5) is 0 Å². The number of ether oxygens (including phenoxy) is 1. The quantitative estimate of drug-likeness (QED) is 0.705. The molecule has 0 bridgehead atoms. The third-order valence-corrected chi connectivity index (χ3v) is 3.98. The SMILES string of the molecule is CCC(N)Cc1cc(Br)c(OCC=C(C)C)c(Br)c1. The van der Waals surface area contributed by atoms with Gasteiger partial charge in [0, 0.05) is 6.04 Å². The van der Waals surface area contributed by atoms with E-state index in [1.54, 1.807) is 0 Å². The van der Waals surface area contributed by atoms with E-state index in [1.807, 2.05) is 0 Å². The molecular weight excluding hydrogens is 370 g/mol. The molecule has 0 fully saturated rings. The molecule has 106 valence electrons. The minimum absolute atomic E-state index is 0.205. The molecule has 0 aliphatic heterocycles. The van der Waals surface area contributed by atoms with Crippen molar-refractivity contribution in [2.45, 2.75) is 39.7 Å². The predicted molar refractivity (Wildman–Crippen MR) is 88.7 cm³/mol. The molecule has 0 saturated heterocycles. The number of halogens is 2. The van der Waals surface area contributed by atoms with Crippen molar-refractivity contribution in [3.8, 4) is 5.75 Å². The van der Waals surface area contributed by atoms with E-state index in [2.05, 4.69) is 70.8 Å². The maximum absolute atomic E-state index is 5.99. The van der Waals surface area contributed by atoms with Crippen LogP contribution in [0, 0.1) is 0 Å². The summed E-state index contributed by atoms with van der Waals surface area (Å²) < 4.78 is 7.68. The Morgan fingerprint density at radius 1 is 1.32 bits per heavy atom. The highest BCUT2D eigenvalue weighted by Gasteiger charge is 2.10. The predicted octanol–water partition coefficient (Wildman–Crippen LogP) is 4.84. The van der Waals surface area contributed by atoms with Crippen LogP contribution in [0.1, 0.15) is 32.8 Å². The van der Waals surface area contributed by atoms with Crippen molar-refractivity contribution in [1.29, 1.82) is 0 Å². The fourth-order valence-corrected chi connectivity index (χ4v) is 3.12. The molecule has 19 heavy (non-hydrogen) atoms. The Morgan fingerprint density at radius 2 is 1.89 bits per heavy atom. The summed E-state index contributed by atoms with van der Waals surface area (Å²) in [5.41, 5.74) is 8.45. The van der Waals surface area contributed by atoms with Crippen LogP contribution < -0.4 is 10.5 Å². The summed E-state index contributed by atoms with van der Waals surface area (Å²) >= 11 is 7.12. The third kappa shape index (κ3) is 5.67. The van der Waals surface area contributed by atoms with Crippen LogP contribution in [0.15, 0.2) is 32.7 Å². The molecule has 1 aromatic rings. The Kier molecular flexibility index (Phi) is 7.11. The maximum atomic E-state index is 5.99. The first-order valence-corrected chi connectivity index (χ1v) is 8.02. The number of benzene rings is 1. The van der Waals surface area contributed by atoms with Crippen LogP contribution in [0.2, 0.25) is 0 Å². The van der Waals surface area contributed by atoms with Crippen molar-refractivity contribution in [3.05, 3.63) is 38.3 Å². The van der Waals surface area contributed by atoms with E-state index in [4.69, 9.17) is 10.5 Å². The van der Waals surface area contributed by atoms with Gasteiger partial charge < -0.3 is 10.5 Å². The minimum Gasteiger partial charge on any atom is -0.487 e. The zero-order valence-electron chi connectivity index (χ0n) is 11.7. The summed E-state index contributed by atoms with van der Waals surface area (Å²) in [4.78, 5) is 0. The van der Waals surface area contributed by atoms with Crippen LogP contribution in [0.25, 0.3) is 0 Å². The topological polar surface area (TPSA) is 35.2 Å². The molecule has 1 unspecified atom stereocenters. The van der Waals surface area contributed by atoms with Gasteiger partial charge in [-0.3, -0.25) is 0 Å². The molecule has 2 nitrogen and oxygen atoms in total. The van der Waals surface area contributed by atoms with E-state index in [1.165, 1.54) is 11.1 Å². The number of hydrogen-bond donors (Lipinski definition) is 1. The monoisotopic (exact) mass is 389 g/mol. The first-order valence-electron chi connectivity index (χ1n) is 6.43. The fraction of sp³-hybridized carbons (Fsp3) is 0.467. The highest BCUT2D eigenvalue weighted by Crippen LogP contribution is 2.35. The number of rotatable bonds is 6. The van der Waals surface area contributed by atoms with Gasteiger partial charge in [0.25, 0.3) is 0 Å². The summed E-state index contributed by atoms with van der Waals surface area (Å²) in [6.07, 6.45) is 3.91. The molecule has 0 saturated carbocycles. The van der Waals surface area contributed by atoms with Crippen LogP contribution in [-0.2, 0) is 6.42 Å². The summed E-state index contributed by atoms with van der Waals surface area (Å²) in [6, 6.07) is 4.37. The van der Waals surface area contributed by atoms with Crippen molar-refractivity contribution in [3.63, 3.8) is 0 Å². The molecule has 0 spiro atoms. The van der Waals surface area contributed by atoms with E-state index in [0.29, 0.717) is 6.61 Å². The Morgan fingerprint density at radius 3 is 2.37 bits per heavy atom. The van der Waals surface area contributed by atoms with Gasteiger partial charge in [-0.25, -0.2) is 0 Å². The first kappa shape index (κ1) is 16.7. The molecule has 1 atom stereocenters. The first-order chi connectivity index (χ1) is 8.93. The van der Waals surface area contributed by atoms with Gasteiger partial charge in [0.05, 0.1) is 8.95 Å². The van der Waals surface area contributed by atoms with E-state index < -0.39 is 0 Å².